The van der Waals surface area contributed by atoms with Crippen LogP contribution < -0.4 is 0 Å². The molecule has 0 bridgehead atoms. The van der Waals surface area contributed by atoms with Crippen LogP contribution in [0, 0.1) is 0 Å². The second-order valence-corrected chi connectivity index (χ2v) is 12.4. The molecule has 1 N–H and O–H groups in total. The van der Waals surface area contributed by atoms with E-state index >= 15 is 0 Å². The Balaban J connectivity index is 2.38. The molecule has 118 valence electrons. The summed E-state index contributed by atoms with van der Waals surface area (Å²) in [5.41, 5.74) is 1.23. The summed E-state index contributed by atoms with van der Waals surface area (Å²) in [4.78, 5) is 0. The Kier molecular flexibility index (Phi) is 4.13. The van der Waals surface area contributed by atoms with Gasteiger partial charge < -0.3 is 5.11 Å². The van der Waals surface area contributed by atoms with Gasteiger partial charge in [-0.15, -0.1) is 6.58 Å². The van der Waals surface area contributed by atoms with Gasteiger partial charge in [-0.3, -0.25) is 0 Å². The highest BCUT2D eigenvalue weighted by Gasteiger charge is 2.28. The maximum absolute atomic E-state index is 10.2. The Bertz CT molecular complexity index is 820. The summed E-state index contributed by atoms with van der Waals surface area (Å²) in [5, 5.41) is 16.3. The van der Waals surface area contributed by atoms with Crippen molar-refractivity contribution in [3.05, 3.63) is 71.9 Å². The van der Waals surface area contributed by atoms with Crippen molar-refractivity contribution < 1.29 is 5.11 Å². The van der Waals surface area contributed by atoms with E-state index < -0.39 is 8.07 Å². The molecular formula is C21H24OSi. The standard InChI is InChI=1S/C21H24OSi/c1-15(23(2,3)4)20(14-22)21-18-11-7-5-9-16(18)13-17-10-6-8-12-19(17)21/h5-13,20,22H,1,14H2,2-4H3/t20-/m0/s1. The second kappa shape index (κ2) is 5.95. The van der Waals surface area contributed by atoms with Gasteiger partial charge in [0.05, 0.1) is 14.7 Å². The lowest BCUT2D eigenvalue weighted by Gasteiger charge is -2.29. The fraction of sp³-hybridized carbons (Fsp3) is 0.238. The van der Waals surface area contributed by atoms with Crippen LogP contribution in [0.1, 0.15) is 11.5 Å². The molecule has 0 unspecified atom stereocenters. The number of rotatable bonds is 4. The van der Waals surface area contributed by atoms with Crippen molar-refractivity contribution in [1.29, 1.82) is 0 Å². The molecule has 0 saturated heterocycles. The van der Waals surface area contributed by atoms with Crippen molar-refractivity contribution in [2.75, 3.05) is 6.61 Å². The molecule has 0 radical (unpaired) electrons. The maximum atomic E-state index is 10.2. The molecule has 2 heteroatoms. The van der Waals surface area contributed by atoms with Crippen LogP contribution in [-0.4, -0.2) is 19.8 Å². The van der Waals surface area contributed by atoms with Gasteiger partial charge in [0.15, 0.2) is 0 Å². The smallest absolute Gasteiger partial charge is 0.0725 e. The van der Waals surface area contributed by atoms with Gasteiger partial charge in [0.2, 0.25) is 0 Å². The van der Waals surface area contributed by atoms with Crippen LogP contribution in [0.25, 0.3) is 21.5 Å². The first-order valence-electron chi connectivity index (χ1n) is 8.14. The number of benzene rings is 3. The minimum Gasteiger partial charge on any atom is -0.395 e. The molecule has 0 aromatic heterocycles. The van der Waals surface area contributed by atoms with E-state index in [1.54, 1.807) is 0 Å². The lowest BCUT2D eigenvalue weighted by molar-refractivity contribution is 0.282. The monoisotopic (exact) mass is 320 g/mol. The van der Waals surface area contributed by atoms with Gasteiger partial charge >= 0.3 is 0 Å². The normalized spacial score (nSPS) is 13.4. The molecular weight excluding hydrogens is 296 g/mol. The van der Waals surface area contributed by atoms with Gasteiger partial charge in [-0.25, -0.2) is 0 Å². The molecule has 0 aliphatic rings. The van der Waals surface area contributed by atoms with Crippen LogP contribution >= 0.6 is 0 Å². The fourth-order valence-corrected chi connectivity index (χ4v) is 4.60. The number of aliphatic hydroxyl groups excluding tert-OH is 1. The Morgan fingerprint density at radius 3 is 1.87 bits per heavy atom. The van der Waals surface area contributed by atoms with Crippen molar-refractivity contribution in [3.8, 4) is 0 Å². The molecule has 1 nitrogen and oxygen atoms in total. The summed E-state index contributed by atoms with van der Waals surface area (Å²) < 4.78 is 0. The Hall–Kier alpha value is -1.90. The second-order valence-electron chi connectivity index (χ2n) is 7.24. The summed E-state index contributed by atoms with van der Waals surface area (Å²) >= 11 is 0. The molecule has 0 aliphatic heterocycles. The first kappa shape index (κ1) is 16.0. The molecule has 0 spiro atoms. The van der Waals surface area contributed by atoms with Crippen LogP contribution in [0.3, 0.4) is 0 Å². The van der Waals surface area contributed by atoms with E-state index in [1.165, 1.54) is 32.3 Å². The number of hydrogen-bond acceptors (Lipinski definition) is 1. The molecule has 0 heterocycles. The zero-order valence-electron chi connectivity index (χ0n) is 14.1. The highest BCUT2D eigenvalue weighted by molar-refractivity contribution is 6.83. The predicted molar refractivity (Wildman–Crippen MR) is 104 cm³/mol. The van der Waals surface area contributed by atoms with Gasteiger partial charge in [-0.2, -0.15) is 0 Å². The average Bonchev–Trinajstić information content (AvgIpc) is 2.53. The molecule has 0 amide bonds. The van der Waals surface area contributed by atoms with Crippen LogP contribution in [0.4, 0.5) is 0 Å². The van der Waals surface area contributed by atoms with E-state index in [-0.39, 0.29) is 12.5 Å². The minimum absolute atomic E-state index is 0.00216. The van der Waals surface area contributed by atoms with Crippen molar-refractivity contribution >= 4 is 29.6 Å². The van der Waals surface area contributed by atoms with Crippen molar-refractivity contribution in [3.63, 3.8) is 0 Å². The fourth-order valence-electron chi connectivity index (χ4n) is 3.32. The van der Waals surface area contributed by atoms with E-state index in [4.69, 9.17) is 0 Å². The lowest BCUT2D eigenvalue weighted by atomic mass is 9.88. The van der Waals surface area contributed by atoms with E-state index in [0.29, 0.717) is 0 Å². The maximum Gasteiger partial charge on any atom is 0.0725 e. The summed E-state index contributed by atoms with van der Waals surface area (Å²) in [7, 11) is -1.56. The summed E-state index contributed by atoms with van der Waals surface area (Å²) in [5.74, 6) is -0.00216. The molecule has 0 fully saturated rings. The topological polar surface area (TPSA) is 20.2 Å². The van der Waals surface area contributed by atoms with Crippen LogP contribution in [0.2, 0.25) is 19.6 Å². The van der Waals surface area contributed by atoms with Crippen LogP contribution in [-0.2, 0) is 0 Å². The zero-order chi connectivity index (χ0) is 16.6. The molecule has 0 saturated carbocycles. The lowest BCUT2D eigenvalue weighted by Crippen LogP contribution is -2.29. The predicted octanol–water partition coefficient (Wildman–Crippen LogP) is 5.50. The number of hydrogen-bond donors (Lipinski definition) is 1. The van der Waals surface area contributed by atoms with Gasteiger partial charge in [-0.1, -0.05) is 73.4 Å². The van der Waals surface area contributed by atoms with E-state index in [0.717, 1.165) is 0 Å². The van der Waals surface area contributed by atoms with Crippen LogP contribution in [0.15, 0.2) is 66.4 Å². The van der Waals surface area contributed by atoms with Crippen molar-refractivity contribution in [1.82, 2.24) is 0 Å². The van der Waals surface area contributed by atoms with E-state index in [9.17, 15) is 5.11 Å². The Labute approximate surface area is 139 Å². The van der Waals surface area contributed by atoms with Gasteiger partial charge in [0.1, 0.15) is 0 Å². The Morgan fingerprint density at radius 1 is 0.957 bits per heavy atom. The summed E-state index contributed by atoms with van der Waals surface area (Å²) in [6, 6.07) is 19.2. The Morgan fingerprint density at radius 2 is 1.43 bits per heavy atom. The molecule has 3 rings (SSSR count). The SMILES string of the molecule is C=C([C@H](CO)c1c2ccccc2cc2ccccc12)[Si](C)(C)C. The molecule has 3 aromatic rings. The zero-order valence-corrected chi connectivity index (χ0v) is 15.1. The largest absolute Gasteiger partial charge is 0.395 e. The van der Waals surface area contributed by atoms with Gasteiger partial charge in [-0.05, 0) is 33.2 Å². The van der Waals surface area contributed by atoms with E-state index in [2.05, 4.69) is 80.8 Å². The third-order valence-electron chi connectivity index (χ3n) is 4.73. The van der Waals surface area contributed by atoms with Crippen molar-refractivity contribution in [2.45, 2.75) is 25.6 Å². The highest BCUT2D eigenvalue weighted by atomic mass is 28.3. The van der Waals surface area contributed by atoms with E-state index in [1.807, 2.05) is 0 Å². The first-order valence-corrected chi connectivity index (χ1v) is 11.6. The quantitative estimate of drug-likeness (QED) is 0.497. The average molecular weight is 321 g/mol. The highest BCUT2D eigenvalue weighted by Crippen LogP contribution is 2.38. The summed E-state index contributed by atoms with van der Waals surface area (Å²) in [6.45, 7) is 11.4. The van der Waals surface area contributed by atoms with Gasteiger partial charge in [0, 0.05) is 5.92 Å². The number of aliphatic hydroxyl groups is 1. The van der Waals surface area contributed by atoms with Crippen molar-refractivity contribution in [2.24, 2.45) is 0 Å². The molecule has 1 atom stereocenters. The first-order chi connectivity index (χ1) is 10.9. The summed E-state index contributed by atoms with van der Waals surface area (Å²) in [6.07, 6.45) is 0. The molecule has 3 aromatic carbocycles. The third kappa shape index (κ3) is 2.85. The minimum atomic E-state index is -1.56. The third-order valence-corrected chi connectivity index (χ3v) is 7.00. The van der Waals surface area contributed by atoms with Gasteiger partial charge in [0.25, 0.3) is 0 Å². The molecule has 23 heavy (non-hydrogen) atoms. The molecule has 0 aliphatic carbocycles. The number of fused-ring (bicyclic) bond motifs is 2. The van der Waals surface area contributed by atoms with Crippen LogP contribution in [0.5, 0.6) is 0 Å².